The van der Waals surface area contributed by atoms with Crippen molar-refractivity contribution < 1.29 is 4.79 Å². The van der Waals surface area contributed by atoms with E-state index >= 15 is 0 Å². The number of carbonyl (C=O) groups is 1. The molecule has 4 nitrogen and oxygen atoms in total. The molecule has 0 fully saturated rings. The van der Waals surface area contributed by atoms with Gasteiger partial charge in [-0.1, -0.05) is 24.3 Å². The average molecular weight is 281 g/mol. The third-order valence-corrected chi connectivity index (χ3v) is 4.22. The zero-order valence-electron chi connectivity index (χ0n) is 12.1. The van der Waals surface area contributed by atoms with Gasteiger partial charge in [0, 0.05) is 19.2 Å². The zero-order chi connectivity index (χ0) is 14.8. The monoisotopic (exact) mass is 281 g/mol. The van der Waals surface area contributed by atoms with Crippen molar-refractivity contribution in [3.8, 4) is 0 Å². The van der Waals surface area contributed by atoms with E-state index in [2.05, 4.69) is 23.2 Å². The predicted octanol–water partition coefficient (Wildman–Crippen LogP) is 2.43. The Kier molecular flexibility index (Phi) is 3.60. The first-order chi connectivity index (χ1) is 10.2. The van der Waals surface area contributed by atoms with Gasteiger partial charge < -0.3 is 10.6 Å². The van der Waals surface area contributed by atoms with E-state index in [-0.39, 0.29) is 11.8 Å². The maximum atomic E-state index is 12.7. The van der Waals surface area contributed by atoms with Gasteiger partial charge in [0.15, 0.2) is 0 Å². The number of nitrogen functional groups attached to an aromatic ring is 1. The number of aromatic nitrogens is 1. The molecule has 1 aromatic carbocycles. The lowest BCUT2D eigenvalue weighted by Gasteiger charge is -2.28. The van der Waals surface area contributed by atoms with Gasteiger partial charge in [0.1, 0.15) is 0 Å². The van der Waals surface area contributed by atoms with Gasteiger partial charge in [-0.15, -0.1) is 0 Å². The lowest BCUT2D eigenvalue weighted by atomic mass is 9.83. The van der Waals surface area contributed by atoms with Crippen LogP contribution in [0, 0.1) is 5.92 Å². The largest absolute Gasteiger partial charge is 0.396 e. The van der Waals surface area contributed by atoms with Gasteiger partial charge in [0.2, 0.25) is 5.91 Å². The van der Waals surface area contributed by atoms with E-state index < -0.39 is 0 Å². The summed E-state index contributed by atoms with van der Waals surface area (Å²) in [6.45, 7) is 0. The number of pyridine rings is 1. The molecule has 1 amide bonds. The molecule has 1 atom stereocenters. The number of anilines is 2. The molecule has 0 bridgehead atoms. The highest BCUT2D eigenvalue weighted by molar-refractivity contribution is 5.97. The van der Waals surface area contributed by atoms with Crippen molar-refractivity contribution in [2.75, 3.05) is 17.7 Å². The fourth-order valence-electron chi connectivity index (χ4n) is 3.01. The summed E-state index contributed by atoms with van der Waals surface area (Å²) in [5.74, 6) is 0.153. The van der Waals surface area contributed by atoms with Crippen LogP contribution in [-0.4, -0.2) is 17.9 Å². The first-order valence-corrected chi connectivity index (χ1v) is 7.20. The fraction of sp³-hybridized carbons (Fsp3) is 0.294. The molecule has 1 aliphatic rings. The van der Waals surface area contributed by atoms with Crippen LogP contribution in [-0.2, 0) is 17.6 Å². The minimum Gasteiger partial charge on any atom is -0.396 e. The molecule has 0 aliphatic heterocycles. The smallest absolute Gasteiger partial charge is 0.230 e. The van der Waals surface area contributed by atoms with E-state index in [0.717, 1.165) is 24.9 Å². The predicted molar refractivity (Wildman–Crippen MR) is 84.0 cm³/mol. The minimum atomic E-state index is 0.0254. The third-order valence-electron chi connectivity index (χ3n) is 4.22. The third kappa shape index (κ3) is 2.61. The number of nitrogens with zero attached hydrogens (tertiary/aromatic N) is 2. The summed E-state index contributed by atoms with van der Waals surface area (Å²) >= 11 is 0. The summed E-state index contributed by atoms with van der Waals surface area (Å²) < 4.78 is 0. The fourth-order valence-corrected chi connectivity index (χ4v) is 3.01. The Morgan fingerprint density at radius 3 is 2.81 bits per heavy atom. The molecule has 3 rings (SSSR count). The Morgan fingerprint density at radius 1 is 1.29 bits per heavy atom. The minimum absolute atomic E-state index is 0.0254. The number of rotatable bonds is 2. The van der Waals surface area contributed by atoms with E-state index in [4.69, 9.17) is 5.73 Å². The number of fused-ring (bicyclic) bond motifs is 1. The van der Waals surface area contributed by atoms with Crippen molar-refractivity contribution in [3.63, 3.8) is 0 Å². The van der Waals surface area contributed by atoms with Gasteiger partial charge in [-0.25, -0.2) is 0 Å². The lowest BCUT2D eigenvalue weighted by Crippen LogP contribution is -2.36. The second-order valence-electron chi connectivity index (χ2n) is 5.54. The van der Waals surface area contributed by atoms with Crippen LogP contribution in [0.25, 0.3) is 0 Å². The van der Waals surface area contributed by atoms with Crippen molar-refractivity contribution in [1.29, 1.82) is 0 Å². The van der Waals surface area contributed by atoms with Crippen LogP contribution in [0.3, 0.4) is 0 Å². The second-order valence-corrected chi connectivity index (χ2v) is 5.54. The Balaban J connectivity index is 1.79. The summed E-state index contributed by atoms with van der Waals surface area (Å²) in [7, 11) is 1.79. The molecule has 21 heavy (non-hydrogen) atoms. The second kappa shape index (κ2) is 5.56. The highest BCUT2D eigenvalue weighted by Gasteiger charge is 2.27. The van der Waals surface area contributed by atoms with Crippen molar-refractivity contribution in [3.05, 3.63) is 53.9 Å². The molecular weight excluding hydrogens is 262 g/mol. The van der Waals surface area contributed by atoms with E-state index in [1.165, 1.54) is 11.1 Å². The van der Waals surface area contributed by atoms with E-state index in [1.807, 2.05) is 6.07 Å². The standard InChI is InChI=1S/C17H19N3O/c1-20(16-8-9-19-11-15(16)18)17(21)14-7-6-12-4-2-3-5-13(12)10-14/h2-5,8-9,11,14H,6-7,10,18H2,1H3. The number of hydrogen-bond acceptors (Lipinski definition) is 3. The molecule has 1 aromatic heterocycles. The first-order valence-electron chi connectivity index (χ1n) is 7.20. The summed E-state index contributed by atoms with van der Waals surface area (Å²) in [4.78, 5) is 18.3. The zero-order valence-corrected chi connectivity index (χ0v) is 12.1. The molecule has 108 valence electrons. The molecule has 1 aliphatic carbocycles. The van der Waals surface area contributed by atoms with Crippen molar-refractivity contribution in [1.82, 2.24) is 4.98 Å². The number of carbonyl (C=O) groups excluding carboxylic acids is 1. The van der Waals surface area contributed by atoms with Crippen LogP contribution in [0.15, 0.2) is 42.7 Å². The summed E-state index contributed by atoms with van der Waals surface area (Å²) in [6, 6.07) is 10.2. The van der Waals surface area contributed by atoms with Crippen molar-refractivity contribution in [2.24, 2.45) is 5.92 Å². The molecule has 0 radical (unpaired) electrons. The summed E-state index contributed by atoms with van der Waals surface area (Å²) in [6.07, 6.45) is 5.91. The molecule has 4 heteroatoms. The maximum Gasteiger partial charge on any atom is 0.230 e. The molecule has 0 spiro atoms. The maximum absolute atomic E-state index is 12.7. The van der Waals surface area contributed by atoms with Crippen molar-refractivity contribution in [2.45, 2.75) is 19.3 Å². The van der Waals surface area contributed by atoms with Gasteiger partial charge in [-0.05, 0) is 36.5 Å². The lowest BCUT2D eigenvalue weighted by molar-refractivity contribution is -0.122. The van der Waals surface area contributed by atoms with Crippen LogP contribution in [0.4, 0.5) is 11.4 Å². The number of hydrogen-bond donors (Lipinski definition) is 1. The topological polar surface area (TPSA) is 59.2 Å². The van der Waals surface area contributed by atoms with Gasteiger partial charge in [0.05, 0.1) is 17.6 Å². The Bertz CT molecular complexity index is 669. The molecule has 1 heterocycles. The van der Waals surface area contributed by atoms with Gasteiger partial charge in [0.25, 0.3) is 0 Å². The molecule has 2 N–H and O–H groups in total. The number of amides is 1. The summed E-state index contributed by atoms with van der Waals surface area (Å²) in [5, 5.41) is 0. The number of aryl methyl sites for hydroxylation is 1. The highest BCUT2D eigenvalue weighted by atomic mass is 16.2. The number of benzene rings is 1. The van der Waals surface area contributed by atoms with Crippen molar-refractivity contribution >= 4 is 17.3 Å². The number of nitrogens with two attached hydrogens (primary N) is 1. The quantitative estimate of drug-likeness (QED) is 0.919. The molecule has 2 aromatic rings. The molecule has 0 saturated heterocycles. The highest BCUT2D eigenvalue weighted by Crippen LogP contribution is 2.29. The molecule has 1 unspecified atom stereocenters. The van der Waals surface area contributed by atoms with Crippen LogP contribution >= 0.6 is 0 Å². The SMILES string of the molecule is CN(C(=O)C1CCc2ccccc2C1)c1ccncc1N. The van der Waals surface area contributed by atoms with E-state index in [9.17, 15) is 4.79 Å². The summed E-state index contributed by atoms with van der Waals surface area (Å²) in [5.41, 5.74) is 9.83. The first kappa shape index (κ1) is 13.6. The molecule has 0 saturated carbocycles. The normalized spacial score (nSPS) is 17.1. The van der Waals surface area contributed by atoms with Crippen LogP contribution < -0.4 is 10.6 Å². The van der Waals surface area contributed by atoms with Crippen LogP contribution in [0.5, 0.6) is 0 Å². The van der Waals surface area contributed by atoms with Gasteiger partial charge >= 0.3 is 0 Å². The van der Waals surface area contributed by atoms with E-state index in [1.54, 1.807) is 30.4 Å². The van der Waals surface area contributed by atoms with Gasteiger partial charge in [-0.2, -0.15) is 0 Å². The van der Waals surface area contributed by atoms with E-state index in [0.29, 0.717) is 5.69 Å². The molecular formula is C17H19N3O. The van der Waals surface area contributed by atoms with Crippen LogP contribution in [0.2, 0.25) is 0 Å². The van der Waals surface area contributed by atoms with Gasteiger partial charge in [-0.3, -0.25) is 9.78 Å². The Morgan fingerprint density at radius 2 is 2.05 bits per heavy atom. The Hall–Kier alpha value is -2.36. The average Bonchev–Trinajstić information content (AvgIpc) is 2.53. The Labute approximate surface area is 124 Å². The van der Waals surface area contributed by atoms with Crippen LogP contribution in [0.1, 0.15) is 17.5 Å².